The van der Waals surface area contributed by atoms with Crippen LogP contribution in [-0.2, 0) is 16.4 Å². The normalized spacial score (nSPS) is 11.7. The van der Waals surface area contributed by atoms with Gasteiger partial charge >= 0.3 is 0 Å². The Bertz CT molecular complexity index is 758. The zero-order valence-electron chi connectivity index (χ0n) is 14.6. The monoisotopic (exact) mass is 365 g/mol. The Morgan fingerprint density at radius 3 is 2.24 bits per heavy atom. The van der Waals surface area contributed by atoms with Crippen LogP contribution in [0.4, 0.5) is 4.39 Å². The summed E-state index contributed by atoms with van der Waals surface area (Å²) in [6, 6.07) is 12.8. The van der Waals surface area contributed by atoms with Gasteiger partial charge in [-0.25, -0.2) is 12.8 Å². The maximum absolute atomic E-state index is 12.9. The van der Waals surface area contributed by atoms with Crippen molar-refractivity contribution in [1.29, 1.82) is 0 Å². The molecule has 2 aromatic carbocycles. The molecule has 2 aromatic rings. The lowest BCUT2D eigenvalue weighted by Crippen LogP contribution is -2.25. The molecule has 0 saturated heterocycles. The largest absolute Gasteiger partial charge is 0.497 e. The molecule has 0 aliphatic rings. The van der Waals surface area contributed by atoms with Gasteiger partial charge in [-0.1, -0.05) is 19.1 Å². The highest BCUT2D eigenvalue weighted by atomic mass is 32.2. The summed E-state index contributed by atoms with van der Waals surface area (Å²) < 4.78 is 42.6. The minimum Gasteiger partial charge on any atom is -0.497 e. The maximum atomic E-state index is 12.9. The van der Waals surface area contributed by atoms with Gasteiger partial charge in [-0.3, -0.25) is 4.90 Å². The number of methoxy groups -OCH3 is 1. The van der Waals surface area contributed by atoms with Crippen molar-refractivity contribution in [3.05, 3.63) is 59.9 Å². The number of benzene rings is 2. The van der Waals surface area contributed by atoms with Gasteiger partial charge in [0.25, 0.3) is 0 Å². The molecule has 0 bridgehead atoms. The number of sulfone groups is 1. The molecule has 136 valence electrons. The zero-order valence-corrected chi connectivity index (χ0v) is 15.4. The average molecular weight is 365 g/mol. The van der Waals surface area contributed by atoms with E-state index < -0.39 is 15.7 Å². The molecular formula is C19H24FNO3S. The third kappa shape index (κ3) is 5.83. The Labute approximate surface area is 149 Å². The fourth-order valence-electron chi connectivity index (χ4n) is 2.58. The van der Waals surface area contributed by atoms with Crippen molar-refractivity contribution in [3.8, 4) is 5.75 Å². The summed E-state index contributed by atoms with van der Waals surface area (Å²) in [5.74, 6) is 0.436. The van der Waals surface area contributed by atoms with Gasteiger partial charge < -0.3 is 4.74 Å². The van der Waals surface area contributed by atoms with Crippen LogP contribution in [0.3, 0.4) is 0 Å². The molecule has 6 heteroatoms. The standard InChI is InChI=1S/C19H24FNO3S/c1-3-21(15-16-5-9-18(24-2)10-6-16)13-4-14-25(22,23)19-11-7-17(20)8-12-19/h5-12H,3-4,13-15H2,1-2H3. The van der Waals surface area contributed by atoms with Gasteiger partial charge in [-0.2, -0.15) is 0 Å². The molecule has 0 aliphatic heterocycles. The number of ether oxygens (including phenoxy) is 1. The number of hydrogen-bond acceptors (Lipinski definition) is 4. The number of hydrogen-bond donors (Lipinski definition) is 0. The van der Waals surface area contributed by atoms with Crippen LogP contribution in [0.25, 0.3) is 0 Å². The summed E-state index contributed by atoms with van der Waals surface area (Å²) >= 11 is 0. The van der Waals surface area contributed by atoms with E-state index in [2.05, 4.69) is 11.8 Å². The molecule has 25 heavy (non-hydrogen) atoms. The van der Waals surface area contributed by atoms with E-state index in [0.717, 1.165) is 24.4 Å². The van der Waals surface area contributed by atoms with E-state index in [-0.39, 0.29) is 10.6 Å². The summed E-state index contributed by atoms with van der Waals surface area (Å²) in [6.07, 6.45) is 0.531. The second-order valence-electron chi connectivity index (χ2n) is 5.84. The number of nitrogens with zero attached hydrogens (tertiary/aromatic N) is 1. The van der Waals surface area contributed by atoms with Crippen LogP contribution in [0.1, 0.15) is 18.9 Å². The molecule has 0 aliphatic carbocycles. The van der Waals surface area contributed by atoms with E-state index in [1.165, 1.54) is 24.3 Å². The van der Waals surface area contributed by atoms with Crippen molar-refractivity contribution in [2.75, 3.05) is 26.0 Å². The van der Waals surface area contributed by atoms with Crippen LogP contribution in [0.2, 0.25) is 0 Å². The second kappa shape index (κ2) is 8.97. The van der Waals surface area contributed by atoms with Crippen molar-refractivity contribution < 1.29 is 17.5 Å². The molecule has 0 N–H and O–H groups in total. The summed E-state index contributed by atoms with van der Waals surface area (Å²) in [5, 5.41) is 0. The first-order valence-electron chi connectivity index (χ1n) is 8.28. The fraction of sp³-hybridized carbons (Fsp3) is 0.368. The summed E-state index contributed by atoms with van der Waals surface area (Å²) in [5.41, 5.74) is 1.16. The maximum Gasteiger partial charge on any atom is 0.178 e. The van der Waals surface area contributed by atoms with Crippen LogP contribution in [0.15, 0.2) is 53.4 Å². The molecule has 0 unspecified atom stereocenters. The molecule has 0 saturated carbocycles. The highest BCUT2D eigenvalue weighted by molar-refractivity contribution is 7.91. The predicted octanol–water partition coefficient (Wildman–Crippen LogP) is 3.52. The Hall–Kier alpha value is -1.92. The first-order valence-corrected chi connectivity index (χ1v) is 9.93. The van der Waals surface area contributed by atoms with Crippen molar-refractivity contribution in [3.63, 3.8) is 0 Å². The summed E-state index contributed by atoms with van der Waals surface area (Å²) in [4.78, 5) is 2.37. The van der Waals surface area contributed by atoms with Gasteiger partial charge in [0.2, 0.25) is 0 Å². The Kier molecular flexibility index (Phi) is 6.96. The number of halogens is 1. The highest BCUT2D eigenvalue weighted by Gasteiger charge is 2.15. The molecule has 0 heterocycles. The summed E-state index contributed by atoms with van der Waals surface area (Å²) in [7, 11) is -1.74. The van der Waals surface area contributed by atoms with E-state index in [9.17, 15) is 12.8 Å². The lowest BCUT2D eigenvalue weighted by molar-refractivity contribution is 0.281. The predicted molar refractivity (Wildman–Crippen MR) is 97.0 cm³/mol. The van der Waals surface area contributed by atoms with Gasteiger partial charge in [-0.05, 0) is 61.5 Å². The van der Waals surface area contributed by atoms with Crippen LogP contribution in [-0.4, -0.2) is 39.3 Å². The van der Waals surface area contributed by atoms with Gasteiger partial charge in [0, 0.05) is 6.54 Å². The van der Waals surface area contributed by atoms with Gasteiger partial charge in [0.05, 0.1) is 17.8 Å². The molecule has 2 rings (SSSR count). The topological polar surface area (TPSA) is 46.6 Å². The van der Waals surface area contributed by atoms with Crippen LogP contribution in [0.5, 0.6) is 5.75 Å². The van der Waals surface area contributed by atoms with E-state index >= 15 is 0 Å². The molecule has 0 atom stereocenters. The Morgan fingerprint density at radius 2 is 1.68 bits per heavy atom. The third-order valence-electron chi connectivity index (χ3n) is 4.07. The minimum atomic E-state index is -3.37. The molecular weight excluding hydrogens is 341 g/mol. The van der Waals surface area contributed by atoms with Crippen LogP contribution >= 0.6 is 0 Å². The first kappa shape index (κ1) is 19.4. The smallest absolute Gasteiger partial charge is 0.178 e. The SMILES string of the molecule is CCN(CCCS(=O)(=O)c1ccc(F)cc1)Cc1ccc(OC)cc1. The van der Waals surface area contributed by atoms with Gasteiger partial charge in [-0.15, -0.1) is 0 Å². The average Bonchev–Trinajstić information content (AvgIpc) is 2.61. The quantitative estimate of drug-likeness (QED) is 0.638. The molecule has 4 nitrogen and oxygen atoms in total. The zero-order chi connectivity index (χ0) is 18.3. The van der Waals surface area contributed by atoms with E-state index in [1.54, 1.807) is 7.11 Å². The lowest BCUT2D eigenvalue weighted by atomic mass is 10.2. The molecule has 0 aromatic heterocycles. The highest BCUT2D eigenvalue weighted by Crippen LogP contribution is 2.15. The van der Waals surface area contributed by atoms with Crippen molar-refractivity contribution in [2.24, 2.45) is 0 Å². The van der Waals surface area contributed by atoms with Crippen LogP contribution < -0.4 is 4.74 Å². The minimum absolute atomic E-state index is 0.0533. The third-order valence-corrected chi connectivity index (χ3v) is 5.89. The van der Waals surface area contributed by atoms with Gasteiger partial charge in [0.1, 0.15) is 11.6 Å². The van der Waals surface area contributed by atoms with E-state index in [1.807, 2.05) is 24.3 Å². The van der Waals surface area contributed by atoms with Crippen molar-refractivity contribution in [1.82, 2.24) is 4.90 Å². The molecule has 0 radical (unpaired) electrons. The van der Waals surface area contributed by atoms with E-state index in [0.29, 0.717) is 13.0 Å². The van der Waals surface area contributed by atoms with Crippen molar-refractivity contribution >= 4 is 9.84 Å². The summed E-state index contributed by atoms with van der Waals surface area (Å²) in [6.45, 7) is 4.33. The Balaban J connectivity index is 1.88. The molecule has 0 fully saturated rings. The fourth-order valence-corrected chi connectivity index (χ4v) is 3.87. The molecule has 0 amide bonds. The first-order chi connectivity index (χ1) is 11.9. The van der Waals surface area contributed by atoms with Crippen LogP contribution in [0, 0.1) is 5.82 Å². The second-order valence-corrected chi connectivity index (χ2v) is 7.95. The molecule has 0 spiro atoms. The van der Waals surface area contributed by atoms with E-state index in [4.69, 9.17) is 4.74 Å². The van der Waals surface area contributed by atoms with Gasteiger partial charge in [0.15, 0.2) is 9.84 Å². The number of rotatable bonds is 9. The Morgan fingerprint density at radius 1 is 1.04 bits per heavy atom. The lowest BCUT2D eigenvalue weighted by Gasteiger charge is -2.20. The van der Waals surface area contributed by atoms with Crippen molar-refractivity contribution in [2.45, 2.75) is 24.8 Å².